The molecule has 0 amide bonds. The molecule has 612 valence electrons. The monoisotopic (exact) mass is 1520 g/mol. The van der Waals surface area contributed by atoms with Crippen molar-refractivity contribution in [2.45, 2.75) is 325 Å². The normalized spacial score (nSPS) is 44.8. The van der Waals surface area contributed by atoms with Gasteiger partial charge in [0.05, 0.1) is 141 Å². The maximum Gasteiger partial charge on any atom is 0.175 e. The number of aliphatic hydroxyl groups is 13. The molecule has 1 aromatic carbocycles. The Morgan fingerprint density at radius 1 is 0.448 bits per heavy atom. The van der Waals surface area contributed by atoms with Gasteiger partial charge >= 0.3 is 0 Å². The maximum absolute atomic E-state index is 10.3. The van der Waals surface area contributed by atoms with E-state index in [1.807, 2.05) is 99.6 Å². The van der Waals surface area contributed by atoms with Crippen molar-refractivity contribution in [3.63, 3.8) is 0 Å². The minimum absolute atomic E-state index is 0.184. The van der Waals surface area contributed by atoms with Crippen molar-refractivity contribution in [1.82, 2.24) is 0 Å². The maximum atomic E-state index is 10.3. The molecule has 0 saturated carbocycles. The fourth-order valence-electron chi connectivity index (χ4n) is 14.6. The van der Waals surface area contributed by atoms with Crippen LogP contribution in [0.2, 0.25) is 0 Å². The molecule has 27 N–H and O–H groups in total. The number of epoxide rings is 2. The van der Waals surface area contributed by atoms with Gasteiger partial charge in [-0.3, -0.25) is 0 Å². The highest BCUT2D eigenvalue weighted by molar-refractivity contribution is 5.26. The van der Waals surface area contributed by atoms with Crippen molar-refractivity contribution >= 4 is 0 Å². The van der Waals surface area contributed by atoms with Crippen LogP contribution >= 0.6 is 0 Å². The van der Waals surface area contributed by atoms with Crippen molar-refractivity contribution in [3.05, 3.63) is 48.6 Å². The molecule has 11 fully saturated rings. The molecule has 35 nitrogen and oxygen atoms in total. The highest BCUT2D eigenvalue weighted by Crippen LogP contribution is 2.58. The first-order valence-corrected chi connectivity index (χ1v) is 35.7. The second kappa shape index (κ2) is 36.1. The quantitative estimate of drug-likeness (QED) is 0.0496. The predicted molar refractivity (Wildman–Crippen MR) is 376 cm³/mol. The number of fused-ring (bicyclic) bond motifs is 4. The largest absolute Gasteiger partial charge is 0.394 e. The molecule has 0 aromatic heterocycles. The smallest absolute Gasteiger partial charge is 0.175 e. The number of benzene rings is 1. The number of rotatable bonds is 13. The molecule has 1 aromatic rings. The number of hydrogen-bond acceptors (Lipinski definition) is 35. The molecule has 11 saturated heterocycles. The van der Waals surface area contributed by atoms with Gasteiger partial charge in [0.2, 0.25) is 0 Å². The van der Waals surface area contributed by atoms with Crippen LogP contribution in [0.25, 0.3) is 0 Å². The van der Waals surface area contributed by atoms with Crippen LogP contribution in [0.15, 0.2) is 43.0 Å². The summed E-state index contributed by atoms with van der Waals surface area (Å²) in [6.45, 7) is 31.0. The van der Waals surface area contributed by atoms with Crippen LogP contribution < -0.4 is 40.1 Å². The molecule has 11 heterocycles. The summed E-state index contributed by atoms with van der Waals surface area (Å²) in [7, 11) is 3.11. The van der Waals surface area contributed by atoms with Gasteiger partial charge in [-0.05, 0) is 102 Å². The first kappa shape index (κ1) is 91.4. The third kappa shape index (κ3) is 20.0. The fraction of sp³-hybridized carbons (Fsp3) is 0.886. The van der Waals surface area contributed by atoms with Crippen molar-refractivity contribution in [3.8, 4) is 0 Å². The summed E-state index contributed by atoms with van der Waals surface area (Å²) < 4.78 is 81.2. The molecule has 30 atom stereocenters. The molecule has 11 aliphatic heterocycles. The van der Waals surface area contributed by atoms with Crippen LogP contribution in [-0.2, 0) is 77.7 Å². The molecule has 30 unspecified atom stereocenters. The summed E-state index contributed by atoms with van der Waals surface area (Å²) in [6, 6.07) is 5.83. The lowest BCUT2D eigenvalue weighted by Gasteiger charge is -2.47. The lowest BCUT2D eigenvalue weighted by Crippen LogP contribution is -2.69. The Bertz CT molecular complexity index is 2680. The molecule has 2 spiro atoms. The number of hydrogen-bond donors (Lipinski definition) is 20. The van der Waals surface area contributed by atoms with Crippen LogP contribution in [0.4, 0.5) is 0 Å². The topological polar surface area (TPSA) is 590 Å². The molecular weight excluding hydrogens is 1390 g/mol. The van der Waals surface area contributed by atoms with E-state index >= 15 is 0 Å². The Morgan fingerprint density at radius 2 is 0.800 bits per heavy atom. The molecule has 0 radical (unpaired) electrons. The Hall–Kier alpha value is -2.44. The van der Waals surface area contributed by atoms with Gasteiger partial charge in [-0.1, -0.05) is 36.4 Å². The van der Waals surface area contributed by atoms with E-state index in [-0.39, 0.29) is 32.5 Å². The standard InChI is InChI=1S/C15H23NO4.3C11H21NO4.C10H21NO4.2C6H11NO4/c1-15(2)14(16)13(18)12(17)11(20-15)9-19-8-10-6-4-3-5-7-10;2*1-9(2)7(12)8(14)11(6(5-13)15-9)10(3,4)16-11;1-4-5-15-6-7-8(13)9(14)10(12)11(2,3)16-7;1-10(2)9(11)8(14-4)7(12)6(15-10)5-13-3;2*7-3-5(9)4(8)2-1-10-6(3)11-2/h3-7,11-14,17-18H,8-9,16H2,1-2H3;2*6-8,13-14H,5,12H2,1-4H3;4,7-10,13-14H,1,5-6,12H2,2-3H3;6-9,12H,5,11H2,1-4H3;2*2-6,8-9H,1,7H2. The average Bonchev–Trinajstić information content (AvgIpc) is 1.52. The Balaban J connectivity index is 0.000000193. The van der Waals surface area contributed by atoms with E-state index in [4.69, 9.17) is 111 Å². The average molecular weight is 1520 g/mol. The van der Waals surface area contributed by atoms with Crippen molar-refractivity contribution in [2.24, 2.45) is 40.1 Å². The zero-order valence-corrected chi connectivity index (χ0v) is 63.7. The molecule has 4 bridgehead atoms. The van der Waals surface area contributed by atoms with Gasteiger partial charge in [0.15, 0.2) is 23.8 Å². The van der Waals surface area contributed by atoms with Gasteiger partial charge in [0.25, 0.3) is 0 Å². The summed E-state index contributed by atoms with van der Waals surface area (Å²) in [4.78, 5) is 0. The van der Waals surface area contributed by atoms with E-state index in [0.717, 1.165) is 5.56 Å². The number of nitrogens with two attached hydrogens (primary N) is 7. The van der Waals surface area contributed by atoms with E-state index in [1.54, 1.807) is 48.0 Å². The first-order chi connectivity index (χ1) is 48.5. The lowest BCUT2D eigenvalue weighted by molar-refractivity contribution is -0.229. The second-order valence-corrected chi connectivity index (χ2v) is 32.2. The summed E-state index contributed by atoms with van der Waals surface area (Å²) in [5.41, 5.74) is 35.6. The van der Waals surface area contributed by atoms with Gasteiger partial charge in [-0.25, -0.2) is 0 Å². The lowest BCUT2D eigenvalue weighted by atomic mass is 9.75. The second-order valence-electron chi connectivity index (χ2n) is 32.2. The number of ether oxygens (including phenoxy) is 15. The minimum Gasteiger partial charge on any atom is -0.394 e. The van der Waals surface area contributed by atoms with Gasteiger partial charge in [-0.15, -0.1) is 6.58 Å². The minimum atomic E-state index is -1.03. The van der Waals surface area contributed by atoms with E-state index in [2.05, 4.69) is 6.58 Å². The van der Waals surface area contributed by atoms with Gasteiger partial charge in [0, 0.05) is 14.2 Å². The third-order valence-corrected chi connectivity index (χ3v) is 21.9. The fourth-order valence-corrected chi connectivity index (χ4v) is 14.6. The van der Waals surface area contributed by atoms with Crippen molar-refractivity contribution in [2.75, 3.05) is 67.1 Å². The van der Waals surface area contributed by atoms with Crippen LogP contribution in [-0.4, -0.2) is 355 Å². The summed E-state index contributed by atoms with van der Waals surface area (Å²) in [6.07, 6.45) is -13.5. The zero-order valence-electron chi connectivity index (χ0n) is 63.7. The Labute approximate surface area is 615 Å². The van der Waals surface area contributed by atoms with Crippen molar-refractivity contribution in [1.29, 1.82) is 0 Å². The zero-order chi connectivity index (χ0) is 79.5. The van der Waals surface area contributed by atoms with Gasteiger partial charge < -0.3 is 178 Å². The molecule has 35 heteroatoms. The van der Waals surface area contributed by atoms with Crippen LogP contribution in [0.1, 0.15) is 102 Å². The summed E-state index contributed by atoms with van der Waals surface area (Å²) in [5.74, 6) is 0. The molecule has 11 aliphatic rings. The molecular formula is C70H129N7O28. The number of methoxy groups -OCH3 is 2. The van der Waals surface area contributed by atoms with Crippen LogP contribution in [0, 0.1) is 0 Å². The van der Waals surface area contributed by atoms with E-state index < -0.39 is 215 Å². The summed E-state index contributed by atoms with van der Waals surface area (Å²) >= 11 is 0. The Morgan fingerprint density at radius 3 is 1.14 bits per heavy atom. The SMILES string of the molecule is C=CCOCC1OC(C)(C)C(N)C(O)C1O.CC1(C)OC(CO)C2(OC2(C)C)C(O)C1N.CC1(C)OC(CO)C2(OC2(C)C)C(O)C1N.CC1(C)OC(COCc2ccccc2)C(O)C(O)C1N.COCC1OC(C)(C)C(N)C(OC)C1O.NC1C2OCC(O2)C(O)C1O.NC1C2OCC(O2)C(O)C1O. The van der Waals surface area contributed by atoms with Crippen LogP contribution in [0.5, 0.6) is 0 Å². The highest BCUT2D eigenvalue weighted by atomic mass is 16.7. The first-order valence-electron chi connectivity index (χ1n) is 35.7. The molecule has 12 rings (SSSR count). The predicted octanol–water partition coefficient (Wildman–Crippen LogP) is -6.28. The summed E-state index contributed by atoms with van der Waals surface area (Å²) in [5, 5.41) is 126. The third-order valence-electron chi connectivity index (χ3n) is 21.9. The number of aliphatic hydroxyl groups excluding tert-OH is 13. The van der Waals surface area contributed by atoms with Gasteiger partial charge in [0.1, 0.15) is 116 Å². The molecule has 0 aliphatic carbocycles. The highest BCUT2D eigenvalue weighted by Gasteiger charge is 2.78. The van der Waals surface area contributed by atoms with Gasteiger partial charge in [-0.2, -0.15) is 0 Å². The Kier molecular flexibility index (Phi) is 31.5. The van der Waals surface area contributed by atoms with Crippen molar-refractivity contribution < 1.29 is 137 Å². The van der Waals surface area contributed by atoms with E-state index in [0.29, 0.717) is 33.0 Å². The molecule has 105 heavy (non-hydrogen) atoms. The van der Waals surface area contributed by atoms with E-state index in [9.17, 15) is 66.4 Å². The van der Waals surface area contributed by atoms with Crippen LogP contribution in [0.3, 0.4) is 0 Å². The van der Waals surface area contributed by atoms with E-state index in [1.165, 1.54) is 0 Å².